The largest absolute Gasteiger partial charge is 0.316 e. The number of nitrogens with zero attached hydrogens (tertiary/aromatic N) is 2. The molecule has 1 unspecified atom stereocenters. The van der Waals surface area contributed by atoms with Crippen LogP contribution in [0.1, 0.15) is 24.6 Å². The molecular weight excluding hydrogens is 246 g/mol. The van der Waals surface area contributed by atoms with Crippen molar-refractivity contribution in [1.29, 1.82) is 0 Å². The lowest BCUT2D eigenvalue weighted by molar-refractivity contribution is 0.448. The van der Waals surface area contributed by atoms with E-state index >= 15 is 0 Å². The molecule has 106 valence electrons. The van der Waals surface area contributed by atoms with Crippen LogP contribution in [0.3, 0.4) is 0 Å². The van der Waals surface area contributed by atoms with Gasteiger partial charge in [-0.2, -0.15) is 5.10 Å². The van der Waals surface area contributed by atoms with Gasteiger partial charge >= 0.3 is 0 Å². The first-order valence-corrected chi connectivity index (χ1v) is 7.60. The third-order valence-corrected chi connectivity index (χ3v) is 4.23. The maximum atomic E-state index is 4.68. The molecule has 0 saturated carbocycles. The second-order valence-corrected chi connectivity index (χ2v) is 5.76. The third-order valence-electron chi connectivity index (χ3n) is 4.23. The van der Waals surface area contributed by atoms with Crippen LogP contribution in [0.25, 0.3) is 11.1 Å². The summed E-state index contributed by atoms with van der Waals surface area (Å²) in [5, 5.41) is 8.10. The van der Waals surface area contributed by atoms with Crippen LogP contribution in [0.5, 0.6) is 0 Å². The molecule has 20 heavy (non-hydrogen) atoms. The molecule has 3 nitrogen and oxygen atoms in total. The van der Waals surface area contributed by atoms with Crippen LogP contribution >= 0.6 is 0 Å². The van der Waals surface area contributed by atoms with Crippen molar-refractivity contribution in [2.75, 3.05) is 13.1 Å². The molecule has 0 amide bonds. The third kappa shape index (κ3) is 2.78. The molecule has 0 aliphatic carbocycles. The number of hydrogen-bond acceptors (Lipinski definition) is 2. The van der Waals surface area contributed by atoms with Gasteiger partial charge in [-0.3, -0.25) is 4.68 Å². The maximum Gasteiger partial charge on any atom is 0.0672 e. The summed E-state index contributed by atoms with van der Waals surface area (Å²) in [6.07, 6.45) is 4.56. The lowest BCUT2D eigenvalue weighted by atomic mass is 10.0. The lowest BCUT2D eigenvalue weighted by Crippen LogP contribution is -2.14. The van der Waals surface area contributed by atoms with Crippen LogP contribution < -0.4 is 5.32 Å². The van der Waals surface area contributed by atoms with E-state index in [1.165, 1.54) is 23.1 Å². The quantitative estimate of drug-likeness (QED) is 0.924. The van der Waals surface area contributed by atoms with Crippen molar-refractivity contribution in [2.24, 2.45) is 5.92 Å². The van der Waals surface area contributed by atoms with Crippen molar-refractivity contribution < 1.29 is 0 Å². The standard InChI is InChI=1S/C17H23N3/c1-3-14-4-6-16(7-5-14)17-12-20(19-13(17)2)11-15-8-9-18-10-15/h4-7,12,15,18H,3,8-11H2,1-2H3. The molecule has 0 radical (unpaired) electrons. The normalized spacial score (nSPS) is 18.6. The van der Waals surface area contributed by atoms with E-state index in [0.717, 1.165) is 37.7 Å². The van der Waals surface area contributed by atoms with E-state index in [4.69, 9.17) is 0 Å². The lowest BCUT2D eigenvalue weighted by Gasteiger charge is -2.07. The van der Waals surface area contributed by atoms with E-state index in [9.17, 15) is 0 Å². The Bertz CT molecular complexity index is 562. The number of benzene rings is 1. The van der Waals surface area contributed by atoms with Crippen LogP contribution in [-0.2, 0) is 13.0 Å². The fourth-order valence-electron chi connectivity index (χ4n) is 2.95. The predicted molar refractivity (Wildman–Crippen MR) is 82.8 cm³/mol. The Labute approximate surface area is 121 Å². The van der Waals surface area contributed by atoms with Crippen LogP contribution in [0.15, 0.2) is 30.5 Å². The molecule has 1 aliphatic heterocycles. The van der Waals surface area contributed by atoms with Gasteiger partial charge in [0, 0.05) is 18.3 Å². The number of nitrogens with one attached hydrogen (secondary N) is 1. The van der Waals surface area contributed by atoms with E-state index in [-0.39, 0.29) is 0 Å². The maximum absolute atomic E-state index is 4.68. The minimum Gasteiger partial charge on any atom is -0.316 e. The van der Waals surface area contributed by atoms with E-state index in [1.807, 2.05) is 0 Å². The van der Waals surface area contributed by atoms with Crippen LogP contribution in [-0.4, -0.2) is 22.9 Å². The van der Waals surface area contributed by atoms with Gasteiger partial charge in [-0.15, -0.1) is 0 Å². The molecule has 3 rings (SSSR count). The molecule has 2 aromatic rings. The molecule has 0 bridgehead atoms. The Morgan fingerprint density at radius 1 is 1.30 bits per heavy atom. The Morgan fingerprint density at radius 2 is 2.10 bits per heavy atom. The Balaban J connectivity index is 1.80. The second-order valence-electron chi connectivity index (χ2n) is 5.76. The molecule has 0 spiro atoms. The van der Waals surface area contributed by atoms with E-state index in [2.05, 4.69) is 59.4 Å². The van der Waals surface area contributed by atoms with Crippen molar-refractivity contribution in [3.63, 3.8) is 0 Å². The molecule has 1 saturated heterocycles. The molecule has 1 fully saturated rings. The first-order chi connectivity index (χ1) is 9.76. The monoisotopic (exact) mass is 269 g/mol. The summed E-state index contributed by atoms with van der Waals surface area (Å²) in [5.74, 6) is 0.726. The number of hydrogen-bond donors (Lipinski definition) is 1. The molecule has 1 aromatic carbocycles. The Kier molecular flexibility index (Phi) is 3.88. The van der Waals surface area contributed by atoms with Crippen molar-refractivity contribution in [3.8, 4) is 11.1 Å². The van der Waals surface area contributed by atoms with Gasteiger partial charge in [-0.1, -0.05) is 31.2 Å². The average molecular weight is 269 g/mol. The Hall–Kier alpha value is -1.61. The van der Waals surface area contributed by atoms with Gasteiger partial charge < -0.3 is 5.32 Å². The van der Waals surface area contributed by atoms with Gasteiger partial charge in [0.05, 0.1) is 5.69 Å². The summed E-state index contributed by atoms with van der Waals surface area (Å²) < 4.78 is 2.12. The van der Waals surface area contributed by atoms with E-state index < -0.39 is 0 Å². The first-order valence-electron chi connectivity index (χ1n) is 7.60. The van der Waals surface area contributed by atoms with Crippen molar-refractivity contribution in [1.82, 2.24) is 15.1 Å². The summed E-state index contributed by atoms with van der Waals surface area (Å²) >= 11 is 0. The molecule has 1 N–H and O–H groups in total. The van der Waals surface area contributed by atoms with Crippen molar-refractivity contribution in [3.05, 3.63) is 41.7 Å². The molecule has 3 heteroatoms. The topological polar surface area (TPSA) is 29.9 Å². The highest BCUT2D eigenvalue weighted by atomic mass is 15.3. The Morgan fingerprint density at radius 3 is 2.75 bits per heavy atom. The summed E-state index contributed by atoms with van der Waals surface area (Å²) in [5.41, 5.74) is 5.05. The van der Waals surface area contributed by atoms with Crippen molar-refractivity contribution >= 4 is 0 Å². The molecule has 1 aliphatic rings. The van der Waals surface area contributed by atoms with Gasteiger partial charge in [0.25, 0.3) is 0 Å². The smallest absolute Gasteiger partial charge is 0.0672 e. The van der Waals surface area contributed by atoms with Crippen molar-refractivity contribution in [2.45, 2.75) is 33.2 Å². The van der Waals surface area contributed by atoms with Crippen LogP contribution in [0.4, 0.5) is 0 Å². The molecule has 2 heterocycles. The first kappa shape index (κ1) is 13.4. The number of aryl methyl sites for hydroxylation is 2. The van der Waals surface area contributed by atoms with Gasteiger partial charge in [0.15, 0.2) is 0 Å². The highest BCUT2D eigenvalue weighted by Crippen LogP contribution is 2.24. The van der Waals surface area contributed by atoms with E-state index in [0.29, 0.717) is 0 Å². The zero-order valence-corrected chi connectivity index (χ0v) is 12.4. The van der Waals surface area contributed by atoms with Gasteiger partial charge in [0.2, 0.25) is 0 Å². The van der Waals surface area contributed by atoms with Gasteiger partial charge in [-0.25, -0.2) is 0 Å². The number of rotatable bonds is 4. The second kappa shape index (κ2) is 5.80. The number of aromatic nitrogens is 2. The highest BCUT2D eigenvalue weighted by molar-refractivity contribution is 5.65. The molecular formula is C17H23N3. The fraction of sp³-hybridized carbons (Fsp3) is 0.471. The summed E-state index contributed by atoms with van der Waals surface area (Å²) in [4.78, 5) is 0. The highest BCUT2D eigenvalue weighted by Gasteiger charge is 2.16. The molecule has 1 atom stereocenters. The van der Waals surface area contributed by atoms with E-state index in [1.54, 1.807) is 0 Å². The van der Waals surface area contributed by atoms with Gasteiger partial charge in [0.1, 0.15) is 0 Å². The fourth-order valence-corrected chi connectivity index (χ4v) is 2.95. The minimum absolute atomic E-state index is 0.726. The predicted octanol–water partition coefficient (Wildman–Crippen LogP) is 3.03. The summed E-state index contributed by atoms with van der Waals surface area (Å²) in [6, 6.07) is 8.86. The minimum atomic E-state index is 0.726. The average Bonchev–Trinajstić information content (AvgIpc) is 3.09. The summed E-state index contributed by atoms with van der Waals surface area (Å²) in [6.45, 7) is 7.59. The summed E-state index contributed by atoms with van der Waals surface area (Å²) in [7, 11) is 0. The SMILES string of the molecule is CCc1ccc(-c2cn(CC3CCNC3)nc2C)cc1. The van der Waals surface area contributed by atoms with Gasteiger partial charge in [-0.05, 0) is 49.9 Å². The van der Waals surface area contributed by atoms with Crippen LogP contribution in [0.2, 0.25) is 0 Å². The molecule has 1 aromatic heterocycles. The zero-order chi connectivity index (χ0) is 13.9. The zero-order valence-electron chi connectivity index (χ0n) is 12.4. The van der Waals surface area contributed by atoms with Crippen LogP contribution in [0, 0.1) is 12.8 Å².